The normalized spacial score (nSPS) is 11.8. The van der Waals surface area contributed by atoms with E-state index >= 15 is 0 Å². The maximum Gasteiger partial charge on any atom is 0.262 e. The predicted octanol–water partition coefficient (Wildman–Crippen LogP) is 2.82. The van der Waals surface area contributed by atoms with E-state index < -0.39 is 11.9 Å². The summed E-state index contributed by atoms with van der Waals surface area (Å²) in [5.41, 5.74) is 3.45. The van der Waals surface area contributed by atoms with Gasteiger partial charge in [-0.25, -0.2) is 5.43 Å². The van der Waals surface area contributed by atoms with Gasteiger partial charge in [-0.05, 0) is 65.7 Å². The summed E-state index contributed by atoms with van der Waals surface area (Å²) in [7, 11) is 0. The summed E-state index contributed by atoms with van der Waals surface area (Å²) in [5, 5.41) is 16.1. The molecule has 27 heavy (non-hydrogen) atoms. The van der Waals surface area contributed by atoms with Crippen LogP contribution in [0.4, 0.5) is 0 Å². The summed E-state index contributed by atoms with van der Waals surface area (Å²) < 4.78 is 5.93. The minimum Gasteiger partial charge on any atom is -0.504 e. The van der Waals surface area contributed by atoms with E-state index in [4.69, 9.17) is 4.74 Å². The highest BCUT2D eigenvalue weighted by molar-refractivity contribution is 9.10. The fourth-order valence-corrected chi connectivity index (χ4v) is 2.60. The molecule has 0 saturated carbocycles. The number of nitrogens with zero attached hydrogens (tertiary/aromatic N) is 1. The van der Waals surface area contributed by atoms with Crippen molar-refractivity contribution in [1.82, 2.24) is 10.7 Å². The topological polar surface area (TPSA) is 100 Å². The lowest BCUT2D eigenvalue weighted by atomic mass is 10.2. The predicted molar refractivity (Wildman–Crippen MR) is 106 cm³/mol. The quantitative estimate of drug-likeness (QED) is 0.461. The molecule has 0 heterocycles. The Morgan fingerprint density at radius 3 is 2.74 bits per heavy atom. The third-order valence-corrected chi connectivity index (χ3v) is 4.22. The molecule has 8 heteroatoms. The third kappa shape index (κ3) is 5.82. The molecule has 142 valence electrons. The Hall–Kier alpha value is -2.87. The molecule has 0 spiro atoms. The summed E-state index contributed by atoms with van der Waals surface area (Å²) >= 11 is 3.30. The Kier molecular flexibility index (Phi) is 7.36. The highest BCUT2D eigenvalue weighted by atomic mass is 79.9. The van der Waals surface area contributed by atoms with Crippen LogP contribution >= 0.6 is 15.9 Å². The number of nitrogens with one attached hydrogen (secondary N) is 2. The lowest BCUT2D eigenvalue weighted by molar-refractivity contribution is -0.122. The zero-order chi connectivity index (χ0) is 19.8. The number of benzene rings is 2. The summed E-state index contributed by atoms with van der Waals surface area (Å²) in [6.45, 7) is 3.79. The van der Waals surface area contributed by atoms with Crippen LogP contribution in [0.1, 0.15) is 29.8 Å². The molecular formula is C19H20BrN3O4. The summed E-state index contributed by atoms with van der Waals surface area (Å²) in [5.74, 6) is -0.465. The number of phenols is 1. The number of halogens is 1. The number of phenolic OH excluding ortho intramolecular Hbond substituents is 1. The fraction of sp³-hybridized carbons (Fsp3) is 0.211. The van der Waals surface area contributed by atoms with Crippen LogP contribution in [-0.2, 0) is 4.79 Å². The molecule has 2 aromatic carbocycles. The van der Waals surface area contributed by atoms with E-state index in [1.165, 1.54) is 12.3 Å². The van der Waals surface area contributed by atoms with Gasteiger partial charge in [0.15, 0.2) is 11.5 Å². The number of hydrogen-bond acceptors (Lipinski definition) is 5. The van der Waals surface area contributed by atoms with Gasteiger partial charge in [-0.3, -0.25) is 9.59 Å². The van der Waals surface area contributed by atoms with Crippen molar-refractivity contribution in [2.24, 2.45) is 5.10 Å². The third-order valence-electron chi connectivity index (χ3n) is 3.53. The Morgan fingerprint density at radius 2 is 2.04 bits per heavy atom. The number of carbonyl (C=O) groups is 2. The molecule has 0 bridgehead atoms. The standard InChI is InChI=1S/C19H20BrN3O4/c1-3-27-17-10-13(8-9-16(17)24)11-21-23-18(25)12(2)22-19(26)14-6-4-5-7-15(14)20/h4-12,24H,3H2,1-2H3,(H,22,26)(H,23,25). The molecule has 2 amide bonds. The molecule has 2 rings (SSSR count). The van der Waals surface area contributed by atoms with Gasteiger partial charge >= 0.3 is 0 Å². The van der Waals surface area contributed by atoms with Crippen molar-refractivity contribution in [3.8, 4) is 11.5 Å². The van der Waals surface area contributed by atoms with Gasteiger partial charge in [0, 0.05) is 4.47 Å². The largest absolute Gasteiger partial charge is 0.504 e. The Bertz CT molecular complexity index is 855. The molecule has 1 atom stereocenters. The molecule has 0 fully saturated rings. The maximum absolute atomic E-state index is 12.2. The molecule has 0 saturated heterocycles. The highest BCUT2D eigenvalue weighted by Gasteiger charge is 2.17. The van der Waals surface area contributed by atoms with Gasteiger partial charge in [-0.2, -0.15) is 5.10 Å². The van der Waals surface area contributed by atoms with Crippen molar-refractivity contribution in [2.75, 3.05) is 6.61 Å². The molecule has 3 N–H and O–H groups in total. The number of hydrogen-bond donors (Lipinski definition) is 3. The molecule has 0 aliphatic carbocycles. The molecule has 0 aliphatic rings. The van der Waals surface area contributed by atoms with Crippen LogP contribution in [0.25, 0.3) is 0 Å². The van der Waals surface area contributed by atoms with E-state index in [0.29, 0.717) is 28.0 Å². The van der Waals surface area contributed by atoms with Gasteiger partial charge in [-0.1, -0.05) is 12.1 Å². The lowest BCUT2D eigenvalue weighted by Crippen LogP contribution is -2.43. The number of ether oxygens (including phenoxy) is 1. The second kappa shape index (κ2) is 9.72. The van der Waals surface area contributed by atoms with Crippen LogP contribution in [0.2, 0.25) is 0 Å². The van der Waals surface area contributed by atoms with E-state index in [1.807, 2.05) is 6.92 Å². The monoisotopic (exact) mass is 433 g/mol. The summed E-state index contributed by atoms with van der Waals surface area (Å²) in [6, 6.07) is 10.9. The van der Waals surface area contributed by atoms with Gasteiger partial charge < -0.3 is 15.2 Å². The first-order valence-corrected chi connectivity index (χ1v) is 9.05. The minimum atomic E-state index is -0.777. The zero-order valence-electron chi connectivity index (χ0n) is 14.9. The van der Waals surface area contributed by atoms with Crippen molar-refractivity contribution >= 4 is 34.0 Å². The van der Waals surface area contributed by atoms with Crippen molar-refractivity contribution in [1.29, 1.82) is 0 Å². The Labute approximate surface area is 165 Å². The molecule has 7 nitrogen and oxygen atoms in total. The van der Waals surface area contributed by atoms with E-state index in [0.717, 1.165) is 0 Å². The van der Waals surface area contributed by atoms with Crippen LogP contribution in [0.5, 0.6) is 11.5 Å². The van der Waals surface area contributed by atoms with E-state index in [-0.39, 0.29) is 11.7 Å². The van der Waals surface area contributed by atoms with Crippen LogP contribution in [0.15, 0.2) is 52.0 Å². The van der Waals surface area contributed by atoms with Gasteiger partial charge in [0.05, 0.1) is 18.4 Å². The molecule has 0 radical (unpaired) electrons. The van der Waals surface area contributed by atoms with Crippen molar-refractivity contribution < 1.29 is 19.4 Å². The van der Waals surface area contributed by atoms with Gasteiger partial charge in [0.25, 0.3) is 11.8 Å². The number of carbonyl (C=O) groups excluding carboxylic acids is 2. The van der Waals surface area contributed by atoms with Gasteiger partial charge in [0.2, 0.25) is 0 Å². The first-order chi connectivity index (χ1) is 12.9. The molecular weight excluding hydrogens is 414 g/mol. The van der Waals surface area contributed by atoms with Crippen LogP contribution in [0, 0.1) is 0 Å². The first kappa shape index (κ1) is 20.4. The number of hydrazone groups is 1. The first-order valence-electron chi connectivity index (χ1n) is 8.26. The number of rotatable bonds is 7. The average Bonchev–Trinajstić information content (AvgIpc) is 2.64. The fourth-order valence-electron chi connectivity index (χ4n) is 2.13. The SMILES string of the molecule is CCOc1cc(C=NNC(=O)C(C)NC(=O)c2ccccc2Br)ccc1O. The van der Waals surface area contributed by atoms with Gasteiger partial charge in [0.1, 0.15) is 6.04 Å². The van der Waals surface area contributed by atoms with Crippen molar-refractivity contribution in [3.05, 3.63) is 58.1 Å². The van der Waals surface area contributed by atoms with Crippen LogP contribution in [-0.4, -0.2) is 35.8 Å². The van der Waals surface area contributed by atoms with Gasteiger partial charge in [-0.15, -0.1) is 0 Å². The smallest absolute Gasteiger partial charge is 0.262 e. The summed E-state index contributed by atoms with van der Waals surface area (Å²) in [6.07, 6.45) is 1.42. The second-order valence-corrected chi connectivity index (χ2v) is 6.42. The van der Waals surface area contributed by atoms with Crippen LogP contribution < -0.4 is 15.5 Å². The molecule has 0 aromatic heterocycles. The van der Waals surface area contributed by atoms with E-state index in [2.05, 4.69) is 31.8 Å². The Morgan fingerprint density at radius 1 is 1.30 bits per heavy atom. The highest BCUT2D eigenvalue weighted by Crippen LogP contribution is 2.26. The molecule has 1 unspecified atom stereocenters. The number of amides is 2. The summed E-state index contributed by atoms with van der Waals surface area (Å²) in [4.78, 5) is 24.3. The van der Waals surface area contributed by atoms with E-state index in [1.54, 1.807) is 43.3 Å². The molecule has 2 aromatic rings. The average molecular weight is 434 g/mol. The second-order valence-electron chi connectivity index (χ2n) is 5.57. The Balaban J connectivity index is 1.93. The van der Waals surface area contributed by atoms with Crippen LogP contribution in [0.3, 0.4) is 0 Å². The molecule has 0 aliphatic heterocycles. The lowest BCUT2D eigenvalue weighted by Gasteiger charge is -2.12. The number of aromatic hydroxyl groups is 1. The zero-order valence-corrected chi connectivity index (χ0v) is 16.5. The minimum absolute atomic E-state index is 0.0291. The van der Waals surface area contributed by atoms with E-state index in [9.17, 15) is 14.7 Å². The maximum atomic E-state index is 12.2. The van der Waals surface area contributed by atoms with Crippen molar-refractivity contribution in [2.45, 2.75) is 19.9 Å². The van der Waals surface area contributed by atoms with Crippen molar-refractivity contribution in [3.63, 3.8) is 0 Å².